The van der Waals surface area contributed by atoms with Crippen molar-refractivity contribution in [3.63, 3.8) is 0 Å². The summed E-state index contributed by atoms with van der Waals surface area (Å²) in [4.78, 5) is 18.3. The number of carbonyl (C=O) groups is 2. The maximum absolute atomic E-state index is 9.17. The lowest BCUT2D eigenvalue weighted by Gasteiger charge is -1.53. The van der Waals surface area contributed by atoms with Gasteiger partial charge in [-0.25, -0.2) is 0 Å². The predicted molar refractivity (Wildman–Crippen MR) is 41.1 cm³/mol. The van der Waals surface area contributed by atoms with Crippen molar-refractivity contribution in [1.29, 1.82) is 0 Å². The van der Waals surface area contributed by atoms with Crippen LogP contribution >= 0.6 is 11.3 Å². The van der Waals surface area contributed by atoms with Gasteiger partial charge in [0.1, 0.15) is 12.6 Å². The Labute approximate surface area is 63.5 Å². The Balaban J connectivity index is 0.000000162. The monoisotopic (exact) mass is 156 g/mol. The molecule has 0 saturated heterocycles. The Hall–Kier alpha value is -0.960. The smallest absolute Gasteiger partial charge is 0.127 e. The molecule has 0 radical (unpaired) electrons. The van der Waals surface area contributed by atoms with E-state index in [1.54, 1.807) is 11.3 Å². The SMILES string of the molecule is O=CCC=O.c1ccsc1. The third kappa shape index (κ3) is 7.04. The molecule has 54 valence electrons. The van der Waals surface area contributed by atoms with E-state index in [1.807, 2.05) is 22.9 Å². The Bertz CT molecular complexity index is 135. The van der Waals surface area contributed by atoms with E-state index in [0.717, 1.165) is 0 Å². The Morgan fingerprint density at radius 3 is 1.70 bits per heavy atom. The lowest BCUT2D eigenvalue weighted by molar-refractivity contribution is -0.114. The highest BCUT2D eigenvalue weighted by Crippen LogP contribution is 1.91. The molecule has 1 heterocycles. The summed E-state index contributed by atoms with van der Waals surface area (Å²) >= 11 is 1.71. The van der Waals surface area contributed by atoms with E-state index in [9.17, 15) is 9.59 Å². The zero-order valence-electron chi connectivity index (χ0n) is 5.40. The number of thiophene rings is 1. The molecule has 0 aromatic carbocycles. The molecule has 0 aliphatic heterocycles. The first-order chi connectivity index (χ1) is 4.91. The van der Waals surface area contributed by atoms with E-state index < -0.39 is 0 Å². The molecule has 1 rings (SSSR count). The molecule has 0 amide bonds. The van der Waals surface area contributed by atoms with Gasteiger partial charge in [-0.15, -0.1) is 0 Å². The van der Waals surface area contributed by atoms with Crippen molar-refractivity contribution in [3.8, 4) is 0 Å². The molecule has 0 aliphatic carbocycles. The molecule has 0 saturated carbocycles. The lowest BCUT2D eigenvalue weighted by Crippen LogP contribution is -1.69. The summed E-state index contributed by atoms with van der Waals surface area (Å²) in [5, 5.41) is 4.08. The first-order valence-electron chi connectivity index (χ1n) is 2.76. The van der Waals surface area contributed by atoms with Crippen LogP contribution in [0.5, 0.6) is 0 Å². The number of carbonyl (C=O) groups excluding carboxylic acids is 2. The standard InChI is InChI=1S/C4H4S.C3H4O2/c1-2-4-5-3-1;4-2-1-3-5/h1-4H;2-3H,1H2. The second-order valence-electron chi connectivity index (χ2n) is 1.36. The first kappa shape index (κ1) is 9.04. The van der Waals surface area contributed by atoms with Crippen LogP contribution in [0.15, 0.2) is 22.9 Å². The van der Waals surface area contributed by atoms with E-state index in [-0.39, 0.29) is 6.42 Å². The van der Waals surface area contributed by atoms with Crippen molar-refractivity contribution in [3.05, 3.63) is 22.9 Å². The Morgan fingerprint density at radius 2 is 1.60 bits per heavy atom. The maximum atomic E-state index is 9.17. The van der Waals surface area contributed by atoms with Crippen LogP contribution in [0.25, 0.3) is 0 Å². The average Bonchev–Trinajstić information content (AvgIpc) is 2.44. The van der Waals surface area contributed by atoms with Gasteiger partial charge in [-0.3, -0.25) is 0 Å². The molecule has 10 heavy (non-hydrogen) atoms. The summed E-state index contributed by atoms with van der Waals surface area (Å²) in [5.74, 6) is 0. The highest BCUT2D eigenvalue weighted by atomic mass is 32.1. The summed E-state index contributed by atoms with van der Waals surface area (Å²) < 4.78 is 0. The van der Waals surface area contributed by atoms with Crippen molar-refractivity contribution >= 4 is 23.9 Å². The minimum Gasteiger partial charge on any atom is -0.303 e. The van der Waals surface area contributed by atoms with Gasteiger partial charge < -0.3 is 9.59 Å². The molecule has 0 N–H and O–H groups in total. The van der Waals surface area contributed by atoms with Crippen molar-refractivity contribution in [1.82, 2.24) is 0 Å². The van der Waals surface area contributed by atoms with Crippen LogP contribution in [-0.2, 0) is 9.59 Å². The Kier molecular flexibility index (Phi) is 7.27. The molecule has 0 fully saturated rings. The summed E-state index contributed by atoms with van der Waals surface area (Å²) in [6, 6.07) is 4.04. The fraction of sp³-hybridized carbons (Fsp3) is 0.143. The molecule has 3 heteroatoms. The third-order valence-corrected chi connectivity index (χ3v) is 1.25. The van der Waals surface area contributed by atoms with E-state index >= 15 is 0 Å². The van der Waals surface area contributed by atoms with Crippen LogP contribution in [0, 0.1) is 0 Å². The summed E-state index contributed by atoms with van der Waals surface area (Å²) in [6.45, 7) is 0. The second kappa shape index (κ2) is 8.04. The molecule has 0 aliphatic rings. The van der Waals surface area contributed by atoms with Crippen LogP contribution in [0.2, 0.25) is 0 Å². The van der Waals surface area contributed by atoms with Crippen molar-refractivity contribution in [2.24, 2.45) is 0 Å². The normalized spacial score (nSPS) is 7.20. The molecular formula is C7H8O2S. The topological polar surface area (TPSA) is 34.1 Å². The molecule has 0 spiro atoms. The van der Waals surface area contributed by atoms with Gasteiger partial charge in [-0.2, -0.15) is 11.3 Å². The molecule has 0 atom stereocenters. The van der Waals surface area contributed by atoms with Gasteiger partial charge in [0.2, 0.25) is 0 Å². The van der Waals surface area contributed by atoms with E-state index in [0.29, 0.717) is 12.6 Å². The van der Waals surface area contributed by atoms with Crippen LogP contribution in [0.3, 0.4) is 0 Å². The van der Waals surface area contributed by atoms with Crippen LogP contribution in [0.1, 0.15) is 6.42 Å². The summed E-state index contributed by atoms with van der Waals surface area (Å²) in [5.41, 5.74) is 0. The molecule has 2 nitrogen and oxygen atoms in total. The number of hydrogen-bond acceptors (Lipinski definition) is 3. The van der Waals surface area contributed by atoms with Gasteiger partial charge in [0.05, 0.1) is 6.42 Å². The fourth-order valence-corrected chi connectivity index (χ4v) is 0.720. The minimum atomic E-state index is 0.0278. The highest BCUT2D eigenvalue weighted by molar-refractivity contribution is 7.07. The van der Waals surface area contributed by atoms with Crippen LogP contribution in [-0.4, -0.2) is 12.6 Å². The first-order valence-corrected chi connectivity index (χ1v) is 3.70. The Morgan fingerprint density at radius 1 is 1.10 bits per heavy atom. The van der Waals surface area contributed by atoms with E-state index in [2.05, 4.69) is 0 Å². The zero-order valence-corrected chi connectivity index (χ0v) is 6.21. The molecule has 1 aromatic heterocycles. The van der Waals surface area contributed by atoms with Crippen molar-refractivity contribution in [2.75, 3.05) is 0 Å². The van der Waals surface area contributed by atoms with Gasteiger partial charge in [0, 0.05) is 0 Å². The lowest BCUT2D eigenvalue weighted by atomic mass is 10.6. The van der Waals surface area contributed by atoms with Gasteiger partial charge in [-0.1, -0.05) is 12.1 Å². The third-order valence-electron chi connectivity index (χ3n) is 0.618. The maximum Gasteiger partial charge on any atom is 0.127 e. The number of aldehydes is 2. The molecular weight excluding hydrogens is 148 g/mol. The van der Waals surface area contributed by atoms with Gasteiger partial charge >= 0.3 is 0 Å². The molecule has 0 bridgehead atoms. The fourth-order valence-electron chi connectivity index (χ4n) is 0.266. The predicted octanol–water partition coefficient (Wildman–Crippen LogP) is 1.52. The molecule has 1 aromatic rings. The summed E-state index contributed by atoms with van der Waals surface area (Å²) in [7, 11) is 0. The molecule has 0 unspecified atom stereocenters. The number of hydrogen-bond donors (Lipinski definition) is 0. The minimum absolute atomic E-state index is 0.0278. The summed E-state index contributed by atoms with van der Waals surface area (Å²) in [6.07, 6.45) is 1.15. The van der Waals surface area contributed by atoms with E-state index in [4.69, 9.17) is 0 Å². The second-order valence-corrected chi connectivity index (χ2v) is 2.18. The van der Waals surface area contributed by atoms with Crippen LogP contribution in [0.4, 0.5) is 0 Å². The average molecular weight is 156 g/mol. The number of rotatable bonds is 2. The van der Waals surface area contributed by atoms with E-state index in [1.165, 1.54) is 0 Å². The zero-order chi connectivity index (χ0) is 7.66. The quantitative estimate of drug-likeness (QED) is 0.480. The van der Waals surface area contributed by atoms with Crippen molar-refractivity contribution < 1.29 is 9.59 Å². The largest absolute Gasteiger partial charge is 0.303 e. The highest BCUT2D eigenvalue weighted by Gasteiger charge is 1.65. The van der Waals surface area contributed by atoms with Crippen molar-refractivity contribution in [2.45, 2.75) is 6.42 Å². The van der Waals surface area contributed by atoms with Gasteiger partial charge in [0.15, 0.2) is 0 Å². The van der Waals surface area contributed by atoms with Crippen LogP contribution < -0.4 is 0 Å². The van der Waals surface area contributed by atoms with Gasteiger partial charge in [0.25, 0.3) is 0 Å². The van der Waals surface area contributed by atoms with Gasteiger partial charge in [-0.05, 0) is 10.8 Å².